The third kappa shape index (κ3) is 1.78. The predicted octanol–water partition coefficient (Wildman–Crippen LogP) is 2.22. The first-order chi connectivity index (χ1) is 8.29. The van der Waals surface area contributed by atoms with Crippen LogP contribution in [-0.4, -0.2) is 10.9 Å². The molecule has 3 nitrogen and oxygen atoms in total. The van der Waals surface area contributed by atoms with E-state index in [0.29, 0.717) is 16.9 Å². The number of rotatable bonds is 3. The van der Waals surface area contributed by atoms with E-state index >= 15 is 0 Å². The molecule has 0 bridgehead atoms. The highest BCUT2D eigenvalue weighted by atomic mass is 16.1. The van der Waals surface area contributed by atoms with Crippen molar-refractivity contribution >= 4 is 17.1 Å². The second-order valence-corrected chi connectivity index (χ2v) is 4.65. The largest absolute Gasteiger partial charge is 0.314 e. The van der Waals surface area contributed by atoms with Crippen LogP contribution in [0.1, 0.15) is 23.2 Å². The summed E-state index contributed by atoms with van der Waals surface area (Å²) >= 11 is 0. The van der Waals surface area contributed by atoms with Gasteiger partial charge in [0.05, 0.1) is 0 Å². The van der Waals surface area contributed by atoms with Gasteiger partial charge >= 0.3 is 0 Å². The Balaban J connectivity index is 2.26. The second kappa shape index (κ2) is 3.84. The smallest absolute Gasteiger partial charge is 0.258 e. The number of carbonyl (C=O) groups is 1. The summed E-state index contributed by atoms with van der Waals surface area (Å²) in [5.41, 5.74) is 0.610. The Kier molecular flexibility index (Phi) is 2.32. The number of nitrogens with zero attached hydrogens (tertiary/aromatic N) is 1. The van der Waals surface area contributed by atoms with Crippen LogP contribution in [0, 0.1) is 5.92 Å². The summed E-state index contributed by atoms with van der Waals surface area (Å²) in [7, 11) is 0. The van der Waals surface area contributed by atoms with Gasteiger partial charge < -0.3 is 4.57 Å². The Morgan fingerprint density at radius 1 is 1.24 bits per heavy atom. The summed E-state index contributed by atoms with van der Waals surface area (Å²) in [4.78, 5) is 23.3. The van der Waals surface area contributed by atoms with Crippen molar-refractivity contribution in [2.45, 2.75) is 19.4 Å². The van der Waals surface area contributed by atoms with Gasteiger partial charge in [-0.25, -0.2) is 0 Å². The standard InChI is InChI=1S/C14H13NO2/c16-9-11-8-15(7-10-5-6-10)14(17)13-4-2-1-3-12(11)13/h1-4,8-10H,5-7H2. The van der Waals surface area contributed by atoms with Gasteiger partial charge in [0, 0.05) is 23.7 Å². The van der Waals surface area contributed by atoms with E-state index in [9.17, 15) is 9.59 Å². The zero-order chi connectivity index (χ0) is 11.8. The summed E-state index contributed by atoms with van der Waals surface area (Å²) in [6.45, 7) is 0.741. The number of fused-ring (bicyclic) bond motifs is 1. The number of hydrogen-bond donors (Lipinski definition) is 0. The summed E-state index contributed by atoms with van der Waals surface area (Å²) < 4.78 is 1.68. The molecule has 1 heterocycles. The maximum Gasteiger partial charge on any atom is 0.258 e. The monoisotopic (exact) mass is 227 g/mol. The van der Waals surface area contributed by atoms with E-state index in [1.54, 1.807) is 16.8 Å². The molecule has 1 aromatic heterocycles. The van der Waals surface area contributed by atoms with Crippen LogP contribution in [0.15, 0.2) is 35.3 Å². The maximum atomic E-state index is 12.2. The molecule has 0 unspecified atom stereocenters. The van der Waals surface area contributed by atoms with E-state index in [4.69, 9.17) is 0 Å². The Bertz CT molecular complexity index is 638. The summed E-state index contributed by atoms with van der Waals surface area (Å²) in [5.74, 6) is 0.619. The highest BCUT2D eigenvalue weighted by Crippen LogP contribution is 2.30. The molecule has 3 rings (SSSR count). The van der Waals surface area contributed by atoms with Gasteiger partial charge in [-0.15, -0.1) is 0 Å². The van der Waals surface area contributed by atoms with E-state index in [1.807, 2.05) is 18.2 Å². The minimum atomic E-state index is 0.0121. The molecule has 1 saturated carbocycles. The van der Waals surface area contributed by atoms with Crippen molar-refractivity contribution in [1.29, 1.82) is 0 Å². The van der Waals surface area contributed by atoms with Gasteiger partial charge in [0.2, 0.25) is 0 Å². The molecule has 86 valence electrons. The van der Waals surface area contributed by atoms with Gasteiger partial charge in [-0.1, -0.05) is 18.2 Å². The van der Waals surface area contributed by atoms with Crippen molar-refractivity contribution in [3.63, 3.8) is 0 Å². The molecule has 3 heteroatoms. The molecule has 17 heavy (non-hydrogen) atoms. The lowest BCUT2D eigenvalue weighted by atomic mass is 10.1. The van der Waals surface area contributed by atoms with E-state index in [2.05, 4.69) is 0 Å². The van der Waals surface area contributed by atoms with Crippen LogP contribution in [0.4, 0.5) is 0 Å². The first-order valence-corrected chi connectivity index (χ1v) is 5.87. The molecule has 1 aliphatic rings. The quantitative estimate of drug-likeness (QED) is 0.754. The SMILES string of the molecule is O=Cc1cn(CC2CC2)c(=O)c2ccccc12. The third-order valence-electron chi connectivity index (χ3n) is 3.30. The molecular weight excluding hydrogens is 214 g/mol. The number of aromatic nitrogens is 1. The lowest BCUT2D eigenvalue weighted by Gasteiger charge is -2.08. The molecule has 0 atom stereocenters. The molecule has 0 radical (unpaired) electrons. The van der Waals surface area contributed by atoms with Crippen LogP contribution in [0.25, 0.3) is 10.8 Å². The first-order valence-electron chi connectivity index (χ1n) is 5.87. The normalized spacial score (nSPS) is 15.1. The molecule has 0 spiro atoms. The van der Waals surface area contributed by atoms with Crippen molar-refractivity contribution in [3.05, 3.63) is 46.4 Å². The average Bonchev–Trinajstić information content (AvgIpc) is 3.17. The van der Waals surface area contributed by atoms with Crippen LogP contribution >= 0.6 is 0 Å². The van der Waals surface area contributed by atoms with Gasteiger partial charge in [-0.2, -0.15) is 0 Å². The van der Waals surface area contributed by atoms with Crippen LogP contribution in [0.3, 0.4) is 0 Å². The molecule has 0 amide bonds. The number of hydrogen-bond acceptors (Lipinski definition) is 2. The fourth-order valence-electron chi connectivity index (χ4n) is 2.18. The number of benzene rings is 1. The fraction of sp³-hybridized carbons (Fsp3) is 0.286. The second-order valence-electron chi connectivity index (χ2n) is 4.65. The zero-order valence-electron chi connectivity index (χ0n) is 9.43. The Morgan fingerprint density at radius 3 is 2.59 bits per heavy atom. The van der Waals surface area contributed by atoms with Gasteiger partial charge in [0.1, 0.15) is 0 Å². The lowest BCUT2D eigenvalue weighted by molar-refractivity contribution is 0.112. The Morgan fingerprint density at radius 2 is 1.94 bits per heavy atom. The summed E-state index contributed by atoms with van der Waals surface area (Å²) in [6, 6.07) is 7.29. The highest BCUT2D eigenvalue weighted by Gasteiger charge is 2.22. The number of carbonyl (C=O) groups excluding carboxylic acids is 1. The molecule has 2 aromatic rings. The van der Waals surface area contributed by atoms with Crippen molar-refractivity contribution < 1.29 is 4.79 Å². The molecular formula is C14H13NO2. The van der Waals surface area contributed by atoms with Crippen molar-refractivity contribution in [1.82, 2.24) is 4.57 Å². The molecule has 1 aromatic carbocycles. The molecule has 0 N–H and O–H groups in total. The predicted molar refractivity (Wildman–Crippen MR) is 66.3 cm³/mol. The Labute approximate surface area is 98.7 Å². The third-order valence-corrected chi connectivity index (χ3v) is 3.30. The molecule has 0 saturated heterocycles. The number of aldehydes is 1. The van der Waals surface area contributed by atoms with Crippen LogP contribution < -0.4 is 5.56 Å². The van der Waals surface area contributed by atoms with Crippen molar-refractivity contribution in [2.75, 3.05) is 0 Å². The number of pyridine rings is 1. The minimum Gasteiger partial charge on any atom is -0.314 e. The zero-order valence-corrected chi connectivity index (χ0v) is 9.43. The van der Waals surface area contributed by atoms with Gasteiger partial charge in [-0.3, -0.25) is 9.59 Å². The maximum absolute atomic E-state index is 12.2. The van der Waals surface area contributed by atoms with E-state index in [0.717, 1.165) is 18.2 Å². The van der Waals surface area contributed by atoms with Crippen molar-refractivity contribution in [2.24, 2.45) is 5.92 Å². The molecule has 0 aliphatic heterocycles. The molecule has 1 fully saturated rings. The van der Waals surface area contributed by atoms with Crippen LogP contribution in [0.2, 0.25) is 0 Å². The fourth-order valence-corrected chi connectivity index (χ4v) is 2.18. The van der Waals surface area contributed by atoms with Gasteiger partial charge in [0.25, 0.3) is 5.56 Å². The van der Waals surface area contributed by atoms with E-state index < -0.39 is 0 Å². The van der Waals surface area contributed by atoms with E-state index in [-0.39, 0.29) is 5.56 Å². The van der Waals surface area contributed by atoms with Gasteiger partial charge in [0.15, 0.2) is 6.29 Å². The van der Waals surface area contributed by atoms with Crippen LogP contribution in [-0.2, 0) is 6.54 Å². The van der Waals surface area contributed by atoms with E-state index in [1.165, 1.54) is 12.8 Å². The minimum absolute atomic E-state index is 0.0121. The molecule has 1 aliphatic carbocycles. The first kappa shape index (κ1) is 10.3. The Hall–Kier alpha value is -1.90. The summed E-state index contributed by atoms with van der Waals surface area (Å²) in [6.07, 6.45) is 4.90. The topological polar surface area (TPSA) is 39.1 Å². The highest BCUT2D eigenvalue weighted by molar-refractivity contribution is 5.97. The van der Waals surface area contributed by atoms with Gasteiger partial charge in [-0.05, 0) is 30.2 Å². The van der Waals surface area contributed by atoms with Crippen LogP contribution in [0.5, 0.6) is 0 Å². The van der Waals surface area contributed by atoms with Crippen molar-refractivity contribution in [3.8, 4) is 0 Å². The lowest BCUT2D eigenvalue weighted by Crippen LogP contribution is -2.21. The summed E-state index contributed by atoms with van der Waals surface area (Å²) in [5, 5.41) is 1.39. The average molecular weight is 227 g/mol.